The fourth-order valence-electron chi connectivity index (χ4n) is 5.13. The Hall–Kier alpha value is -3.62. The van der Waals surface area contributed by atoms with E-state index >= 15 is 0 Å². The summed E-state index contributed by atoms with van der Waals surface area (Å²) in [5, 5.41) is 0. The molecule has 2 aromatic carbocycles. The molecule has 1 aliphatic rings. The molecule has 2 aromatic heterocycles. The lowest BCUT2D eigenvalue weighted by Gasteiger charge is -2.25. The number of aromatic nitrogens is 2. The zero-order valence-electron chi connectivity index (χ0n) is 23.8. The van der Waals surface area contributed by atoms with Gasteiger partial charge in [0.15, 0.2) is 4.80 Å². The second kappa shape index (κ2) is 11.1. The van der Waals surface area contributed by atoms with Crippen molar-refractivity contribution in [2.45, 2.75) is 58.6 Å². The lowest BCUT2D eigenvalue weighted by molar-refractivity contribution is -0.143. The van der Waals surface area contributed by atoms with Crippen LogP contribution >= 0.6 is 23.1 Å². The third-order valence-corrected chi connectivity index (χ3v) is 8.79. The number of thioether (sulfide) groups is 1. The summed E-state index contributed by atoms with van der Waals surface area (Å²) < 4.78 is 10.0. The van der Waals surface area contributed by atoms with Crippen molar-refractivity contribution < 1.29 is 9.53 Å². The molecule has 0 saturated carbocycles. The molecule has 40 heavy (non-hydrogen) atoms. The second-order valence-corrected chi connectivity index (χ2v) is 12.2. The predicted octanol–water partition coefficient (Wildman–Crippen LogP) is 5.62. The van der Waals surface area contributed by atoms with E-state index in [4.69, 9.17) is 9.73 Å². The molecular weight excluding hydrogens is 539 g/mol. The maximum absolute atomic E-state index is 14.0. The Labute approximate surface area is 242 Å². The molecule has 5 rings (SSSR count). The normalized spacial score (nSPS) is 15.4. The minimum atomic E-state index is -0.624. The molecule has 206 valence electrons. The number of benzene rings is 2. The summed E-state index contributed by atoms with van der Waals surface area (Å²) in [6, 6.07) is 17.9. The summed E-state index contributed by atoms with van der Waals surface area (Å²) >= 11 is 2.99. The maximum Gasteiger partial charge on any atom is 0.338 e. The van der Waals surface area contributed by atoms with Gasteiger partial charge in [-0.2, -0.15) is 0 Å². The highest BCUT2D eigenvalue weighted by Gasteiger charge is 2.33. The molecule has 8 heteroatoms. The third kappa shape index (κ3) is 5.13. The minimum absolute atomic E-state index is 0.176. The summed E-state index contributed by atoms with van der Waals surface area (Å²) in [5.74, 6) is -0.453. The number of thiazole rings is 1. The van der Waals surface area contributed by atoms with Crippen LogP contribution in [0.4, 0.5) is 0 Å². The monoisotopic (exact) mass is 571 g/mol. The van der Waals surface area contributed by atoms with E-state index < -0.39 is 12.0 Å². The molecule has 0 spiro atoms. The lowest BCUT2D eigenvalue weighted by Crippen LogP contribution is -2.40. The van der Waals surface area contributed by atoms with E-state index in [9.17, 15) is 9.59 Å². The zero-order valence-corrected chi connectivity index (χ0v) is 25.4. The van der Waals surface area contributed by atoms with Gasteiger partial charge in [0.05, 0.1) is 27.9 Å². The first-order chi connectivity index (χ1) is 19.1. The van der Waals surface area contributed by atoms with Crippen LogP contribution in [0, 0.1) is 20.8 Å². The largest absolute Gasteiger partial charge is 0.459 e. The summed E-state index contributed by atoms with van der Waals surface area (Å²) in [5.41, 5.74) is 7.02. The number of carbonyl (C=O) groups excluding carboxylic acids is 1. The molecule has 0 unspecified atom stereocenters. The number of esters is 1. The highest BCUT2D eigenvalue weighted by atomic mass is 32.2. The van der Waals surface area contributed by atoms with Crippen LogP contribution in [0.3, 0.4) is 0 Å². The molecule has 0 saturated heterocycles. The quantitative estimate of drug-likeness (QED) is 0.222. The molecule has 0 N–H and O–H groups in total. The molecule has 1 atom stereocenters. The Balaban J connectivity index is 1.67. The van der Waals surface area contributed by atoms with Crippen molar-refractivity contribution in [1.29, 1.82) is 0 Å². The van der Waals surface area contributed by atoms with Gasteiger partial charge in [0.25, 0.3) is 5.56 Å². The molecule has 0 amide bonds. The number of nitrogens with zero attached hydrogens (tertiary/aromatic N) is 3. The van der Waals surface area contributed by atoms with E-state index in [-0.39, 0.29) is 11.7 Å². The standard InChI is InChI=1S/C32H33N3O3S2/c1-18(2)38-31(37)28-21(5)33-32-35(29(28)23-10-14-26(39-7)15-11-23)30(36)27(40-32)17-24-16-20(4)34(22(24)6)25-12-8-19(3)9-13-25/h8-18,29H,1-7H3/b27-17-/t29-/m1/s1. The van der Waals surface area contributed by atoms with E-state index in [1.807, 2.05) is 57.4 Å². The number of rotatable bonds is 6. The van der Waals surface area contributed by atoms with Gasteiger partial charge < -0.3 is 9.30 Å². The van der Waals surface area contributed by atoms with E-state index in [2.05, 4.69) is 55.7 Å². The molecular formula is C32H33N3O3S2. The smallest absolute Gasteiger partial charge is 0.338 e. The topological polar surface area (TPSA) is 65.6 Å². The van der Waals surface area contributed by atoms with Crippen LogP contribution in [0.15, 0.2) is 80.5 Å². The first-order valence-corrected chi connectivity index (χ1v) is 15.3. The molecule has 0 fully saturated rings. The molecule has 0 bridgehead atoms. The van der Waals surface area contributed by atoms with Gasteiger partial charge in [0.2, 0.25) is 0 Å². The van der Waals surface area contributed by atoms with Gasteiger partial charge in [-0.25, -0.2) is 9.79 Å². The Kier molecular flexibility index (Phi) is 7.75. The van der Waals surface area contributed by atoms with Gasteiger partial charge in [0, 0.05) is 22.0 Å². The van der Waals surface area contributed by atoms with Crippen LogP contribution in [-0.4, -0.2) is 27.5 Å². The fraction of sp³-hybridized carbons (Fsp3) is 0.281. The Bertz CT molecular complexity index is 1800. The molecule has 6 nitrogen and oxygen atoms in total. The van der Waals surface area contributed by atoms with Gasteiger partial charge in [-0.3, -0.25) is 9.36 Å². The summed E-state index contributed by atoms with van der Waals surface area (Å²) in [4.78, 5) is 33.7. The average molecular weight is 572 g/mol. The van der Waals surface area contributed by atoms with Gasteiger partial charge in [-0.15, -0.1) is 11.8 Å². The number of fused-ring (bicyclic) bond motifs is 1. The van der Waals surface area contributed by atoms with Crippen molar-refractivity contribution >= 4 is 35.1 Å². The van der Waals surface area contributed by atoms with E-state index in [0.29, 0.717) is 20.6 Å². The van der Waals surface area contributed by atoms with Crippen LogP contribution in [0.1, 0.15) is 54.9 Å². The molecule has 3 heterocycles. The Morgan fingerprint density at radius 2 is 1.73 bits per heavy atom. The number of hydrogen-bond acceptors (Lipinski definition) is 6. The van der Waals surface area contributed by atoms with Crippen molar-refractivity contribution in [2.75, 3.05) is 6.26 Å². The number of allylic oxidation sites excluding steroid dienone is 1. The fourth-order valence-corrected chi connectivity index (χ4v) is 6.57. The summed E-state index contributed by atoms with van der Waals surface area (Å²) in [7, 11) is 0. The van der Waals surface area contributed by atoms with Crippen molar-refractivity contribution in [3.8, 4) is 5.69 Å². The average Bonchev–Trinajstić information content (AvgIpc) is 3.37. The van der Waals surface area contributed by atoms with Gasteiger partial charge in [0.1, 0.15) is 0 Å². The first-order valence-electron chi connectivity index (χ1n) is 13.2. The van der Waals surface area contributed by atoms with Crippen LogP contribution in [0.5, 0.6) is 0 Å². The van der Waals surface area contributed by atoms with Crippen molar-refractivity contribution in [2.24, 2.45) is 4.99 Å². The van der Waals surface area contributed by atoms with Gasteiger partial charge in [-0.1, -0.05) is 41.2 Å². The van der Waals surface area contributed by atoms with Gasteiger partial charge in [-0.05, 0) is 95.3 Å². The summed E-state index contributed by atoms with van der Waals surface area (Å²) in [6.45, 7) is 11.7. The molecule has 0 radical (unpaired) electrons. The number of ether oxygens (including phenoxy) is 1. The zero-order chi connectivity index (χ0) is 28.7. The second-order valence-electron chi connectivity index (χ2n) is 10.3. The van der Waals surface area contributed by atoms with Crippen molar-refractivity contribution in [3.63, 3.8) is 0 Å². The van der Waals surface area contributed by atoms with Crippen molar-refractivity contribution in [1.82, 2.24) is 9.13 Å². The number of hydrogen-bond donors (Lipinski definition) is 0. The predicted molar refractivity (Wildman–Crippen MR) is 163 cm³/mol. The number of carbonyl (C=O) groups is 1. The van der Waals surface area contributed by atoms with Crippen molar-refractivity contribution in [3.05, 3.63) is 114 Å². The van der Waals surface area contributed by atoms with Crippen LogP contribution in [0.2, 0.25) is 0 Å². The lowest BCUT2D eigenvalue weighted by atomic mass is 9.96. The Morgan fingerprint density at radius 3 is 2.35 bits per heavy atom. The molecule has 1 aliphatic heterocycles. The maximum atomic E-state index is 14.0. The van der Waals surface area contributed by atoms with E-state index in [0.717, 1.165) is 33.1 Å². The highest BCUT2D eigenvalue weighted by Crippen LogP contribution is 2.32. The van der Waals surface area contributed by atoms with Crippen LogP contribution in [0.25, 0.3) is 11.8 Å². The van der Waals surface area contributed by atoms with E-state index in [1.54, 1.807) is 16.3 Å². The van der Waals surface area contributed by atoms with Crippen LogP contribution < -0.4 is 14.9 Å². The summed E-state index contributed by atoms with van der Waals surface area (Å²) in [6.07, 6.45) is 3.67. The SMILES string of the molecule is CSc1ccc([C@@H]2C(C(=O)OC(C)C)=C(C)N=c3s/c(=C\c4cc(C)n(-c5ccc(C)cc5)c4C)c(=O)n32)cc1. The van der Waals surface area contributed by atoms with E-state index in [1.165, 1.54) is 16.9 Å². The molecule has 0 aliphatic carbocycles. The van der Waals surface area contributed by atoms with Crippen LogP contribution in [-0.2, 0) is 9.53 Å². The minimum Gasteiger partial charge on any atom is -0.459 e. The number of aryl methyl sites for hydroxylation is 2. The highest BCUT2D eigenvalue weighted by molar-refractivity contribution is 7.98. The molecule has 4 aromatic rings. The Morgan fingerprint density at radius 1 is 1.05 bits per heavy atom. The van der Waals surface area contributed by atoms with Gasteiger partial charge >= 0.3 is 5.97 Å². The third-order valence-electron chi connectivity index (χ3n) is 7.06. The first kappa shape index (κ1) is 27.9.